The fourth-order valence-corrected chi connectivity index (χ4v) is 5.55. The van der Waals surface area contributed by atoms with Crippen molar-refractivity contribution in [2.45, 2.75) is 43.5 Å². The van der Waals surface area contributed by atoms with E-state index in [1.807, 2.05) is 0 Å². The van der Waals surface area contributed by atoms with Crippen molar-refractivity contribution in [1.29, 1.82) is 0 Å². The highest BCUT2D eigenvalue weighted by atomic mass is 32.2. The molecule has 2 aliphatic rings. The molecule has 6 nitrogen and oxygen atoms in total. The number of rotatable bonds is 5. The Morgan fingerprint density at radius 1 is 1.21 bits per heavy atom. The monoisotopic (exact) mass is 416 g/mol. The molecule has 2 fully saturated rings. The van der Waals surface area contributed by atoms with E-state index in [0.717, 1.165) is 36.3 Å². The molecular weight excluding hydrogens is 388 g/mol. The van der Waals surface area contributed by atoms with Gasteiger partial charge in [0.2, 0.25) is 10.0 Å². The molecule has 1 aliphatic carbocycles. The Morgan fingerprint density at radius 3 is 2.54 bits per heavy atom. The van der Waals surface area contributed by atoms with Crippen LogP contribution in [0.1, 0.15) is 32.6 Å². The van der Waals surface area contributed by atoms with Crippen LogP contribution in [0.5, 0.6) is 0 Å². The van der Waals surface area contributed by atoms with Gasteiger partial charge in [-0.05, 0) is 30.9 Å². The summed E-state index contributed by atoms with van der Waals surface area (Å²) in [7, 11) is -4.01. The third-order valence-electron chi connectivity index (χ3n) is 5.81. The molecule has 9 heteroatoms. The first kappa shape index (κ1) is 21.1. The van der Waals surface area contributed by atoms with Crippen LogP contribution in [0.2, 0.25) is 0 Å². The molecule has 1 heterocycles. The number of carbonyl (C=O) groups excluding carboxylic acids is 1. The van der Waals surface area contributed by atoms with Crippen LogP contribution in [0.4, 0.5) is 8.78 Å². The zero-order chi connectivity index (χ0) is 20.3. The van der Waals surface area contributed by atoms with Crippen molar-refractivity contribution < 1.29 is 26.9 Å². The zero-order valence-electron chi connectivity index (χ0n) is 16.1. The molecule has 2 N–H and O–H groups in total. The second kappa shape index (κ2) is 8.84. The first-order valence-electron chi connectivity index (χ1n) is 9.85. The van der Waals surface area contributed by atoms with Gasteiger partial charge in [-0.15, -0.1) is 0 Å². The number of benzene rings is 1. The zero-order valence-corrected chi connectivity index (χ0v) is 16.9. The molecule has 0 radical (unpaired) electrons. The van der Waals surface area contributed by atoms with Crippen molar-refractivity contribution in [2.75, 3.05) is 32.7 Å². The second-order valence-electron chi connectivity index (χ2n) is 7.84. The number of hydrogen-bond acceptors (Lipinski definition) is 3. The molecule has 0 aromatic heterocycles. The smallest absolute Gasteiger partial charge is 0.275 e. The molecule has 1 aromatic rings. The summed E-state index contributed by atoms with van der Waals surface area (Å²) in [6, 6.07) is 2.70. The predicted octanol–water partition coefficient (Wildman–Crippen LogP) is 0.549. The van der Waals surface area contributed by atoms with E-state index in [1.165, 1.54) is 10.7 Å². The number of sulfonamides is 1. The second-order valence-corrected chi connectivity index (χ2v) is 9.75. The van der Waals surface area contributed by atoms with Crippen LogP contribution < -0.4 is 10.2 Å². The molecule has 0 unspecified atom stereocenters. The molecule has 1 saturated heterocycles. The molecule has 2 atom stereocenters. The van der Waals surface area contributed by atoms with Gasteiger partial charge in [0.1, 0.15) is 16.5 Å². The van der Waals surface area contributed by atoms with Crippen LogP contribution in [-0.4, -0.2) is 57.4 Å². The average Bonchev–Trinajstić information content (AvgIpc) is 2.64. The highest BCUT2D eigenvalue weighted by Gasteiger charge is 2.33. The average molecular weight is 417 g/mol. The molecule has 1 aromatic carbocycles. The van der Waals surface area contributed by atoms with Crippen LogP contribution >= 0.6 is 0 Å². The maximum atomic E-state index is 13.9. The van der Waals surface area contributed by atoms with Crippen LogP contribution in [0.15, 0.2) is 23.1 Å². The van der Waals surface area contributed by atoms with Gasteiger partial charge in [0.15, 0.2) is 6.54 Å². The molecule has 28 heavy (non-hydrogen) atoms. The quantitative estimate of drug-likeness (QED) is 0.737. The third kappa shape index (κ3) is 4.87. The Kier molecular flexibility index (Phi) is 6.67. The van der Waals surface area contributed by atoms with E-state index in [0.29, 0.717) is 31.6 Å². The minimum Gasteiger partial charge on any atom is -0.348 e. The van der Waals surface area contributed by atoms with E-state index in [4.69, 9.17) is 0 Å². The van der Waals surface area contributed by atoms with E-state index in [-0.39, 0.29) is 25.0 Å². The predicted molar refractivity (Wildman–Crippen MR) is 100 cm³/mol. The Balaban J connectivity index is 1.53. The van der Waals surface area contributed by atoms with Gasteiger partial charge in [-0.3, -0.25) is 4.79 Å². The lowest BCUT2D eigenvalue weighted by Crippen LogP contribution is -3.15. The van der Waals surface area contributed by atoms with Gasteiger partial charge < -0.3 is 10.2 Å². The molecule has 1 amide bonds. The van der Waals surface area contributed by atoms with Gasteiger partial charge in [-0.2, -0.15) is 4.31 Å². The number of quaternary nitrogens is 1. The fraction of sp³-hybridized carbons (Fsp3) is 0.632. The molecular formula is C19H28F2N3O3S+. The van der Waals surface area contributed by atoms with Gasteiger partial charge in [-0.1, -0.05) is 19.8 Å². The van der Waals surface area contributed by atoms with Crippen LogP contribution in [0.3, 0.4) is 0 Å². The standard InChI is InChI=1S/C19H27F2N3O3S/c1-14-4-2-3-5-17(14)22-19(25)13-23-8-10-24(11-9-23)28(26,27)18-7-6-15(20)12-16(18)21/h6-7,12,14,17H,2-5,8-11,13H2,1H3,(H,22,25)/p+1/t14-,17+/m0/s1. The third-order valence-corrected chi connectivity index (χ3v) is 7.74. The van der Waals surface area contributed by atoms with Crippen molar-refractivity contribution in [2.24, 2.45) is 5.92 Å². The van der Waals surface area contributed by atoms with Crippen LogP contribution in [0.25, 0.3) is 0 Å². The number of piperazine rings is 1. The van der Waals surface area contributed by atoms with Gasteiger partial charge in [0, 0.05) is 12.1 Å². The summed E-state index contributed by atoms with van der Waals surface area (Å²) in [5.74, 6) is -1.42. The van der Waals surface area contributed by atoms with Crippen LogP contribution in [0, 0.1) is 17.6 Å². The maximum Gasteiger partial charge on any atom is 0.275 e. The Hall–Kier alpha value is -1.58. The Bertz CT molecular complexity index is 811. The topological polar surface area (TPSA) is 70.9 Å². The normalized spacial score (nSPS) is 24.8. The summed E-state index contributed by atoms with van der Waals surface area (Å²) in [4.78, 5) is 12.8. The lowest BCUT2D eigenvalue weighted by molar-refractivity contribution is -0.895. The highest BCUT2D eigenvalue weighted by Crippen LogP contribution is 2.23. The van der Waals surface area contributed by atoms with Gasteiger partial charge in [0.05, 0.1) is 26.2 Å². The van der Waals surface area contributed by atoms with Gasteiger partial charge in [0.25, 0.3) is 5.91 Å². The van der Waals surface area contributed by atoms with Crippen molar-refractivity contribution in [3.05, 3.63) is 29.8 Å². The molecule has 0 spiro atoms. The summed E-state index contributed by atoms with van der Waals surface area (Å²) in [5.41, 5.74) is 0. The maximum absolute atomic E-state index is 13.9. The Labute approximate surface area is 164 Å². The van der Waals surface area contributed by atoms with Crippen LogP contribution in [-0.2, 0) is 14.8 Å². The number of carbonyl (C=O) groups is 1. The summed E-state index contributed by atoms with van der Waals surface area (Å²) in [6.07, 6.45) is 4.49. The van der Waals surface area contributed by atoms with Crippen molar-refractivity contribution in [1.82, 2.24) is 9.62 Å². The minimum absolute atomic E-state index is 0.00497. The lowest BCUT2D eigenvalue weighted by Gasteiger charge is -2.33. The minimum atomic E-state index is -4.01. The summed E-state index contributed by atoms with van der Waals surface area (Å²) in [5, 5.41) is 3.12. The van der Waals surface area contributed by atoms with E-state index >= 15 is 0 Å². The lowest BCUT2D eigenvalue weighted by atomic mass is 9.86. The van der Waals surface area contributed by atoms with E-state index in [2.05, 4.69) is 12.2 Å². The first-order valence-corrected chi connectivity index (χ1v) is 11.3. The SMILES string of the molecule is C[C@H]1CCCC[C@H]1NC(=O)C[NH+]1CCN(S(=O)(=O)c2ccc(F)cc2F)CC1. The molecule has 1 saturated carbocycles. The molecule has 156 valence electrons. The fourth-order valence-electron chi connectivity index (χ4n) is 4.06. The van der Waals surface area contributed by atoms with E-state index in [9.17, 15) is 22.0 Å². The Morgan fingerprint density at radius 2 is 1.89 bits per heavy atom. The summed E-state index contributed by atoms with van der Waals surface area (Å²) < 4.78 is 53.4. The summed E-state index contributed by atoms with van der Waals surface area (Å²) >= 11 is 0. The molecule has 3 rings (SSSR count). The number of nitrogens with zero attached hydrogens (tertiary/aromatic N) is 1. The van der Waals surface area contributed by atoms with Gasteiger partial charge >= 0.3 is 0 Å². The molecule has 1 aliphatic heterocycles. The number of nitrogens with one attached hydrogen (secondary N) is 2. The van der Waals surface area contributed by atoms with E-state index in [1.54, 1.807) is 0 Å². The van der Waals surface area contributed by atoms with E-state index < -0.39 is 26.6 Å². The van der Waals surface area contributed by atoms with Crippen molar-refractivity contribution >= 4 is 15.9 Å². The number of halogens is 2. The number of hydrogen-bond donors (Lipinski definition) is 2. The molecule has 0 bridgehead atoms. The number of amides is 1. The highest BCUT2D eigenvalue weighted by molar-refractivity contribution is 7.89. The largest absolute Gasteiger partial charge is 0.348 e. The van der Waals surface area contributed by atoms with Gasteiger partial charge in [-0.25, -0.2) is 17.2 Å². The first-order chi connectivity index (χ1) is 13.3. The van der Waals surface area contributed by atoms with Crippen molar-refractivity contribution in [3.63, 3.8) is 0 Å². The van der Waals surface area contributed by atoms with Crippen molar-refractivity contribution in [3.8, 4) is 0 Å². The summed E-state index contributed by atoms with van der Waals surface area (Å²) in [6.45, 7) is 3.80.